The number of nitrogens with two attached hydrogens (primary N) is 1. The van der Waals surface area contributed by atoms with Crippen molar-refractivity contribution >= 4 is 5.91 Å². The Kier molecular flexibility index (Phi) is 6.53. The molecule has 0 fully saturated rings. The zero-order valence-corrected chi connectivity index (χ0v) is 12.2. The van der Waals surface area contributed by atoms with Gasteiger partial charge in [-0.2, -0.15) is 0 Å². The van der Waals surface area contributed by atoms with Gasteiger partial charge in [0.25, 0.3) is 5.91 Å². The van der Waals surface area contributed by atoms with Crippen molar-refractivity contribution in [2.24, 2.45) is 5.73 Å². The summed E-state index contributed by atoms with van der Waals surface area (Å²) in [5, 5.41) is 0. The molecular weight excluding hydrogens is 238 g/mol. The Bertz CT molecular complexity index is 404. The lowest BCUT2D eigenvalue weighted by atomic mass is 10.1. The zero-order valence-electron chi connectivity index (χ0n) is 12.2. The first-order chi connectivity index (χ1) is 9.08. The van der Waals surface area contributed by atoms with Crippen LogP contribution in [0.2, 0.25) is 0 Å². The number of carbonyl (C=O) groups excluding carboxylic acids is 1. The predicted octanol–water partition coefficient (Wildman–Crippen LogP) is 1.56. The second-order valence-corrected chi connectivity index (χ2v) is 4.95. The van der Waals surface area contributed by atoms with Crippen molar-refractivity contribution in [3.05, 3.63) is 35.4 Å². The van der Waals surface area contributed by atoms with Gasteiger partial charge in [0.2, 0.25) is 0 Å². The van der Waals surface area contributed by atoms with Gasteiger partial charge in [0.1, 0.15) is 0 Å². The molecule has 0 aromatic heterocycles. The molecule has 1 rings (SSSR count). The van der Waals surface area contributed by atoms with Crippen LogP contribution in [-0.4, -0.2) is 49.4 Å². The van der Waals surface area contributed by atoms with E-state index in [1.807, 2.05) is 50.2 Å². The third kappa shape index (κ3) is 5.01. The first-order valence-electron chi connectivity index (χ1n) is 6.81. The summed E-state index contributed by atoms with van der Waals surface area (Å²) in [6.07, 6.45) is 0.989. The fourth-order valence-corrected chi connectivity index (χ4v) is 1.99. The van der Waals surface area contributed by atoms with E-state index in [2.05, 4.69) is 4.90 Å². The number of benzene rings is 1. The van der Waals surface area contributed by atoms with Crippen molar-refractivity contribution < 1.29 is 4.79 Å². The molecule has 0 unspecified atom stereocenters. The Morgan fingerprint density at radius 3 is 2.58 bits per heavy atom. The van der Waals surface area contributed by atoms with Gasteiger partial charge in [-0.25, -0.2) is 0 Å². The molecule has 2 N–H and O–H groups in total. The Labute approximate surface area is 116 Å². The molecule has 0 aliphatic rings. The monoisotopic (exact) mass is 263 g/mol. The molecule has 0 spiro atoms. The van der Waals surface area contributed by atoms with E-state index in [0.29, 0.717) is 6.54 Å². The average Bonchev–Trinajstić information content (AvgIpc) is 2.42. The van der Waals surface area contributed by atoms with Gasteiger partial charge in [-0.05, 0) is 51.7 Å². The molecule has 0 aliphatic heterocycles. The molecule has 1 aromatic rings. The standard InChI is InChI=1S/C15H25N3O/c1-4-18(10-6-9-17(2)3)15(19)14-8-5-7-13(11-14)12-16/h5,7-8,11H,4,6,9-10,12,16H2,1-3H3. The van der Waals surface area contributed by atoms with Crippen LogP contribution in [0.5, 0.6) is 0 Å². The zero-order chi connectivity index (χ0) is 14.3. The Balaban J connectivity index is 2.66. The number of hydrogen-bond donors (Lipinski definition) is 1. The second kappa shape index (κ2) is 7.92. The van der Waals surface area contributed by atoms with Crippen LogP contribution in [0, 0.1) is 0 Å². The van der Waals surface area contributed by atoms with Crippen LogP contribution in [0.1, 0.15) is 29.3 Å². The Morgan fingerprint density at radius 1 is 1.26 bits per heavy atom. The molecule has 1 amide bonds. The van der Waals surface area contributed by atoms with Crippen LogP contribution in [0.15, 0.2) is 24.3 Å². The van der Waals surface area contributed by atoms with E-state index in [1.54, 1.807) is 0 Å². The highest BCUT2D eigenvalue weighted by molar-refractivity contribution is 5.94. The summed E-state index contributed by atoms with van der Waals surface area (Å²) in [5.41, 5.74) is 7.34. The van der Waals surface area contributed by atoms with Gasteiger partial charge >= 0.3 is 0 Å². The molecule has 1 aromatic carbocycles. The molecule has 0 heterocycles. The summed E-state index contributed by atoms with van der Waals surface area (Å²) in [7, 11) is 4.09. The topological polar surface area (TPSA) is 49.6 Å². The van der Waals surface area contributed by atoms with Crippen LogP contribution in [0.4, 0.5) is 0 Å². The molecule has 19 heavy (non-hydrogen) atoms. The highest BCUT2D eigenvalue weighted by atomic mass is 16.2. The third-order valence-electron chi connectivity index (χ3n) is 3.11. The van der Waals surface area contributed by atoms with E-state index in [9.17, 15) is 4.79 Å². The first-order valence-corrected chi connectivity index (χ1v) is 6.81. The summed E-state index contributed by atoms with van der Waals surface area (Å²) in [6.45, 7) is 5.00. The highest BCUT2D eigenvalue weighted by Crippen LogP contribution is 2.09. The maximum atomic E-state index is 12.4. The summed E-state index contributed by atoms with van der Waals surface area (Å²) >= 11 is 0. The van der Waals surface area contributed by atoms with E-state index >= 15 is 0 Å². The van der Waals surface area contributed by atoms with Crippen LogP contribution in [0.25, 0.3) is 0 Å². The lowest BCUT2D eigenvalue weighted by molar-refractivity contribution is 0.0759. The maximum absolute atomic E-state index is 12.4. The lowest BCUT2D eigenvalue weighted by Gasteiger charge is -2.22. The van der Waals surface area contributed by atoms with Crippen LogP contribution >= 0.6 is 0 Å². The molecule has 0 bridgehead atoms. The van der Waals surface area contributed by atoms with Crippen molar-refractivity contribution in [2.75, 3.05) is 33.7 Å². The number of nitrogens with zero attached hydrogens (tertiary/aromatic N) is 2. The maximum Gasteiger partial charge on any atom is 0.253 e. The molecule has 0 atom stereocenters. The van der Waals surface area contributed by atoms with Gasteiger partial charge in [0, 0.05) is 25.2 Å². The van der Waals surface area contributed by atoms with Crippen molar-refractivity contribution in [3.63, 3.8) is 0 Å². The van der Waals surface area contributed by atoms with Gasteiger partial charge < -0.3 is 15.5 Å². The van der Waals surface area contributed by atoms with Gasteiger partial charge in [-0.15, -0.1) is 0 Å². The first kappa shape index (κ1) is 15.7. The van der Waals surface area contributed by atoms with E-state index in [1.165, 1.54) is 0 Å². The number of carbonyl (C=O) groups is 1. The van der Waals surface area contributed by atoms with E-state index < -0.39 is 0 Å². The van der Waals surface area contributed by atoms with Crippen molar-refractivity contribution in [3.8, 4) is 0 Å². The van der Waals surface area contributed by atoms with Gasteiger partial charge in [0.15, 0.2) is 0 Å². The fourth-order valence-electron chi connectivity index (χ4n) is 1.99. The SMILES string of the molecule is CCN(CCCN(C)C)C(=O)c1cccc(CN)c1. The predicted molar refractivity (Wildman–Crippen MR) is 79.1 cm³/mol. The second-order valence-electron chi connectivity index (χ2n) is 4.95. The van der Waals surface area contributed by atoms with Gasteiger partial charge in [-0.1, -0.05) is 12.1 Å². The number of amides is 1. The van der Waals surface area contributed by atoms with Crippen molar-refractivity contribution in [2.45, 2.75) is 19.9 Å². The molecule has 106 valence electrons. The molecular formula is C15H25N3O. The quantitative estimate of drug-likeness (QED) is 0.812. The van der Waals surface area contributed by atoms with Crippen LogP contribution < -0.4 is 5.73 Å². The Morgan fingerprint density at radius 2 is 2.00 bits per heavy atom. The van der Waals surface area contributed by atoms with E-state index in [4.69, 9.17) is 5.73 Å². The lowest BCUT2D eigenvalue weighted by Crippen LogP contribution is -2.33. The average molecular weight is 263 g/mol. The number of hydrogen-bond acceptors (Lipinski definition) is 3. The largest absolute Gasteiger partial charge is 0.339 e. The fraction of sp³-hybridized carbons (Fsp3) is 0.533. The minimum atomic E-state index is 0.0940. The van der Waals surface area contributed by atoms with Crippen molar-refractivity contribution in [1.82, 2.24) is 9.80 Å². The molecule has 0 aliphatic carbocycles. The minimum absolute atomic E-state index is 0.0940. The molecule has 0 radical (unpaired) electrons. The van der Waals surface area contributed by atoms with Crippen LogP contribution in [0.3, 0.4) is 0 Å². The molecule has 0 saturated carbocycles. The Hall–Kier alpha value is -1.39. The van der Waals surface area contributed by atoms with E-state index in [-0.39, 0.29) is 5.91 Å². The molecule has 0 saturated heterocycles. The summed E-state index contributed by atoms with van der Waals surface area (Å²) in [6, 6.07) is 7.58. The molecule has 4 nitrogen and oxygen atoms in total. The van der Waals surface area contributed by atoms with Gasteiger partial charge in [0.05, 0.1) is 0 Å². The normalized spacial score (nSPS) is 10.8. The highest BCUT2D eigenvalue weighted by Gasteiger charge is 2.13. The third-order valence-corrected chi connectivity index (χ3v) is 3.11. The summed E-state index contributed by atoms with van der Waals surface area (Å²) in [5.74, 6) is 0.0940. The van der Waals surface area contributed by atoms with Crippen molar-refractivity contribution in [1.29, 1.82) is 0 Å². The summed E-state index contributed by atoms with van der Waals surface area (Å²) < 4.78 is 0. The number of rotatable bonds is 7. The van der Waals surface area contributed by atoms with E-state index in [0.717, 1.165) is 37.2 Å². The minimum Gasteiger partial charge on any atom is -0.339 e. The smallest absolute Gasteiger partial charge is 0.253 e. The van der Waals surface area contributed by atoms with Crippen LogP contribution in [-0.2, 0) is 6.54 Å². The molecule has 4 heteroatoms. The summed E-state index contributed by atoms with van der Waals surface area (Å²) in [4.78, 5) is 16.4. The van der Waals surface area contributed by atoms with Gasteiger partial charge in [-0.3, -0.25) is 4.79 Å².